The maximum Gasteiger partial charge on any atom is 0.131 e. The molecule has 0 amide bonds. The Morgan fingerprint density at radius 3 is 2.39 bits per heavy atom. The van der Waals surface area contributed by atoms with E-state index < -0.39 is 0 Å². The zero-order valence-corrected chi connectivity index (χ0v) is 11.9. The van der Waals surface area contributed by atoms with E-state index >= 15 is 0 Å². The van der Waals surface area contributed by atoms with Crippen molar-refractivity contribution in [3.8, 4) is 0 Å². The van der Waals surface area contributed by atoms with Crippen molar-refractivity contribution >= 4 is 11.6 Å². The molecule has 0 aliphatic rings. The van der Waals surface area contributed by atoms with Gasteiger partial charge in [-0.2, -0.15) is 0 Å². The third kappa shape index (κ3) is 4.87. The van der Waals surface area contributed by atoms with Crippen molar-refractivity contribution in [2.45, 2.75) is 34.1 Å². The fourth-order valence-electron chi connectivity index (χ4n) is 1.40. The van der Waals surface area contributed by atoms with Gasteiger partial charge in [0.15, 0.2) is 0 Å². The summed E-state index contributed by atoms with van der Waals surface area (Å²) >= 11 is 0. The first-order chi connectivity index (χ1) is 8.46. The lowest BCUT2D eigenvalue weighted by molar-refractivity contribution is 0.405. The second-order valence-electron chi connectivity index (χ2n) is 5.33. The van der Waals surface area contributed by atoms with Gasteiger partial charge >= 0.3 is 0 Å². The summed E-state index contributed by atoms with van der Waals surface area (Å²) in [5.41, 5.74) is 5.78. The molecule has 0 saturated heterocycles. The Kier molecular flexibility index (Phi) is 5.34. The number of anilines is 2. The Morgan fingerprint density at radius 1 is 1.22 bits per heavy atom. The van der Waals surface area contributed by atoms with Gasteiger partial charge < -0.3 is 16.4 Å². The molecule has 1 heterocycles. The Bertz CT molecular complexity index is 376. The van der Waals surface area contributed by atoms with E-state index in [9.17, 15) is 0 Å². The molecule has 0 aromatic carbocycles. The van der Waals surface area contributed by atoms with Crippen LogP contribution in [0.2, 0.25) is 0 Å². The van der Waals surface area contributed by atoms with Gasteiger partial charge in [-0.25, -0.2) is 9.97 Å². The number of hydrogen-bond donors (Lipinski definition) is 3. The van der Waals surface area contributed by atoms with Crippen LogP contribution in [0.25, 0.3) is 0 Å². The average molecular weight is 251 g/mol. The van der Waals surface area contributed by atoms with Gasteiger partial charge in [0.1, 0.15) is 17.5 Å². The zero-order chi connectivity index (χ0) is 13.6. The molecule has 0 spiro atoms. The smallest absolute Gasteiger partial charge is 0.131 e. The number of aryl methyl sites for hydroxylation is 1. The minimum atomic E-state index is 0.0653. The van der Waals surface area contributed by atoms with Gasteiger partial charge in [-0.3, -0.25) is 0 Å². The van der Waals surface area contributed by atoms with E-state index in [0.29, 0.717) is 6.54 Å². The first kappa shape index (κ1) is 14.7. The number of nitrogens with zero attached hydrogens (tertiary/aromatic N) is 2. The van der Waals surface area contributed by atoms with Gasteiger partial charge in [0.05, 0.1) is 0 Å². The van der Waals surface area contributed by atoms with Gasteiger partial charge in [0, 0.05) is 19.2 Å². The summed E-state index contributed by atoms with van der Waals surface area (Å²) in [6.07, 6.45) is 1.08. The van der Waals surface area contributed by atoms with Crippen molar-refractivity contribution in [3.63, 3.8) is 0 Å². The monoisotopic (exact) mass is 251 g/mol. The van der Waals surface area contributed by atoms with E-state index in [0.717, 1.165) is 37.0 Å². The normalized spacial score (nSPS) is 11.4. The highest BCUT2D eigenvalue weighted by atomic mass is 15.1. The van der Waals surface area contributed by atoms with Crippen LogP contribution >= 0.6 is 0 Å². The topological polar surface area (TPSA) is 75.9 Å². The largest absolute Gasteiger partial charge is 0.370 e. The second kappa shape index (κ2) is 6.54. The molecule has 0 unspecified atom stereocenters. The van der Waals surface area contributed by atoms with Crippen molar-refractivity contribution in [3.05, 3.63) is 11.9 Å². The molecule has 0 aliphatic heterocycles. The molecular formula is C13H25N5. The van der Waals surface area contributed by atoms with E-state index in [1.165, 1.54) is 0 Å². The van der Waals surface area contributed by atoms with E-state index in [4.69, 9.17) is 5.73 Å². The minimum Gasteiger partial charge on any atom is -0.370 e. The molecule has 0 radical (unpaired) electrons. The van der Waals surface area contributed by atoms with Crippen molar-refractivity contribution in [1.82, 2.24) is 9.97 Å². The fraction of sp³-hybridized carbons (Fsp3) is 0.692. The van der Waals surface area contributed by atoms with Gasteiger partial charge in [-0.1, -0.05) is 20.8 Å². The van der Waals surface area contributed by atoms with Crippen LogP contribution in [0.5, 0.6) is 0 Å². The fourth-order valence-corrected chi connectivity index (χ4v) is 1.40. The van der Waals surface area contributed by atoms with Crippen LogP contribution in [0.1, 0.15) is 33.0 Å². The number of hydrogen-bond acceptors (Lipinski definition) is 5. The predicted octanol–water partition coefficient (Wildman–Crippen LogP) is 2.00. The molecule has 1 aromatic rings. The van der Waals surface area contributed by atoms with Gasteiger partial charge in [0.25, 0.3) is 0 Å². The standard InChI is InChI=1S/C13H25N5/c1-5-6-15-11-7-12(18-10(2)17-11)16-9-13(3,4)8-14/h7H,5-6,8-9,14H2,1-4H3,(H2,15,16,17,18). The Hall–Kier alpha value is -1.36. The van der Waals surface area contributed by atoms with Crippen molar-refractivity contribution < 1.29 is 0 Å². The Balaban J connectivity index is 2.68. The molecular weight excluding hydrogens is 226 g/mol. The van der Waals surface area contributed by atoms with E-state index in [1.807, 2.05) is 13.0 Å². The predicted molar refractivity (Wildman–Crippen MR) is 76.9 cm³/mol. The van der Waals surface area contributed by atoms with Crippen LogP contribution in [0.15, 0.2) is 6.07 Å². The van der Waals surface area contributed by atoms with Crippen LogP contribution in [0, 0.1) is 12.3 Å². The molecule has 18 heavy (non-hydrogen) atoms. The van der Waals surface area contributed by atoms with Gasteiger partial charge in [0.2, 0.25) is 0 Å². The molecule has 102 valence electrons. The van der Waals surface area contributed by atoms with Crippen LogP contribution < -0.4 is 16.4 Å². The third-order valence-corrected chi connectivity index (χ3v) is 2.69. The highest BCUT2D eigenvalue weighted by Crippen LogP contribution is 2.16. The second-order valence-corrected chi connectivity index (χ2v) is 5.33. The van der Waals surface area contributed by atoms with Crippen LogP contribution in [-0.4, -0.2) is 29.6 Å². The summed E-state index contributed by atoms with van der Waals surface area (Å²) < 4.78 is 0. The number of nitrogens with one attached hydrogen (secondary N) is 2. The molecule has 4 N–H and O–H groups in total. The van der Waals surface area contributed by atoms with Gasteiger partial charge in [-0.15, -0.1) is 0 Å². The van der Waals surface area contributed by atoms with E-state index in [-0.39, 0.29) is 5.41 Å². The molecule has 0 fully saturated rings. The highest BCUT2D eigenvalue weighted by Gasteiger charge is 2.15. The first-order valence-corrected chi connectivity index (χ1v) is 6.50. The van der Waals surface area contributed by atoms with E-state index in [2.05, 4.69) is 41.4 Å². The van der Waals surface area contributed by atoms with Crippen molar-refractivity contribution in [2.75, 3.05) is 30.3 Å². The molecule has 0 atom stereocenters. The lowest BCUT2D eigenvalue weighted by atomic mass is 9.94. The minimum absolute atomic E-state index is 0.0653. The van der Waals surface area contributed by atoms with Crippen LogP contribution in [-0.2, 0) is 0 Å². The lowest BCUT2D eigenvalue weighted by Crippen LogP contribution is -2.31. The molecule has 0 aliphatic carbocycles. The van der Waals surface area contributed by atoms with Crippen molar-refractivity contribution in [2.24, 2.45) is 11.1 Å². The Morgan fingerprint density at radius 2 is 1.83 bits per heavy atom. The van der Waals surface area contributed by atoms with Gasteiger partial charge in [-0.05, 0) is 25.3 Å². The SMILES string of the molecule is CCCNc1cc(NCC(C)(C)CN)nc(C)n1. The van der Waals surface area contributed by atoms with Crippen LogP contribution in [0.4, 0.5) is 11.6 Å². The van der Waals surface area contributed by atoms with Crippen molar-refractivity contribution in [1.29, 1.82) is 0 Å². The summed E-state index contributed by atoms with van der Waals surface area (Å²) in [4.78, 5) is 8.73. The maximum atomic E-state index is 5.71. The molecule has 1 rings (SSSR count). The molecule has 1 aromatic heterocycles. The Labute approximate surface area is 110 Å². The molecule has 0 bridgehead atoms. The summed E-state index contributed by atoms with van der Waals surface area (Å²) in [5, 5.41) is 6.59. The number of rotatable bonds is 7. The highest BCUT2D eigenvalue weighted by molar-refractivity contribution is 5.47. The zero-order valence-electron chi connectivity index (χ0n) is 11.9. The lowest BCUT2D eigenvalue weighted by Gasteiger charge is -2.23. The number of aromatic nitrogens is 2. The quantitative estimate of drug-likeness (QED) is 0.691. The molecule has 0 saturated carbocycles. The summed E-state index contributed by atoms with van der Waals surface area (Å²) in [7, 11) is 0. The summed E-state index contributed by atoms with van der Waals surface area (Å²) in [5.74, 6) is 2.49. The molecule has 5 nitrogen and oxygen atoms in total. The molecule has 5 heteroatoms. The third-order valence-electron chi connectivity index (χ3n) is 2.69. The average Bonchev–Trinajstić information content (AvgIpc) is 2.33. The summed E-state index contributed by atoms with van der Waals surface area (Å²) in [6.45, 7) is 10.7. The summed E-state index contributed by atoms with van der Waals surface area (Å²) in [6, 6.07) is 1.94. The number of nitrogens with two attached hydrogens (primary N) is 1. The van der Waals surface area contributed by atoms with E-state index in [1.54, 1.807) is 0 Å². The van der Waals surface area contributed by atoms with Crippen LogP contribution in [0.3, 0.4) is 0 Å². The maximum absolute atomic E-state index is 5.71. The first-order valence-electron chi connectivity index (χ1n) is 6.50.